The van der Waals surface area contributed by atoms with Crippen LogP contribution >= 0.6 is 11.6 Å². The van der Waals surface area contributed by atoms with Crippen molar-refractivity contribution in [3.63, 3.8) is 0 Å². The third-order valence-electron chi connectivity index (χ3n) is 2.06. The summed E-state index contributed by atoms with van der Waals surface area (Å²) in [6, 6.07) is 0. The van der Waals surface area contributed by atoms with Crippen LogP contribution in [0.1, 0.15) is 6.92 Å². The molecule has 1 saturated heterocycles. The molecule has 1 fully saturated rings. The second-order valence-corrected chi connectivity index (χ2v) is 3.70. The molecule has 0 amide bonds. The van der Waals surface area contributed by atoms with E-state index in [1.807, 2.05) is 12.3 Å². The van der Waals surface area contributed by atoms with Crippen molar-refractivity contribution < 1.29 is 4.74 Å². The lowest BCUT2D eigenvalue weighted by molar-refractivity contribution is 0.310. The molecule has 3 heteroatoms. The predicted molar refractivity (Wildman–Crippen MR) is 49.0 cm³/mol. The minimum Gasteiger partial charge on any atom is -0.371 e. The van der Waals surface area contributed by atoms with Gasteiger partial charge in [-0.1, -0.05) is 17.2 Å². The van der Waals surface area contributed by atoms with Crippen LogP contribution in [-0.4, -0.2) is 29.7 Å². The zero-order valence-corrected chi connectivity index (χ0v) is 7.79. The van der Waals surface area contributed by atoms with Gasteiger partial charge in [-0.15, -0.1) is 0 Å². The van der Waals surface area contributed by atoms with E-state index in [1.54, 1.807) is 0 Å². The molecule has 2 unspecified atom stereocenters. The Morgan fingerprint density at radius 2 is 2.50 bits per heavy atom. The van der Waals surface area contributed by atoms with E-state index >= 15 is 0 Å². The Bertz CT molecular complexity index is 233. The molecular weight excluding hydrogens is 174 g/mol. The summed E-state index contributed by atoms with van der Waals surface area (Å²) < 4.78 is 5.13. The van der Waals surface area contributed by atoms with Crippen molar-refractivity contribution in [1.29, 1.82) is 0 Å². The standard InChI is InChI=1S/C9H12ClNO/c1-7-2-3-11(9(10)4-7)5-8-6-12-8/h2-4,8-9H,5-6H2,1H3. The number of nitrogens with zero attached hydrogens (tertiary/aromatic N) is 1. The fraction of sp³-hybridized carbons (Fsp3) is 0.556. The normalized spacial score (nSPS) is 33.5. The van der Waals surface area contributed by atoms with Gasteiger partial charge < -0.3 is 9.64 Å². The highest BCUT2D eigenvalue weighted by Crippen LogP contribution is 2.20. The monoisotopic (exact) mass is 185 g/mol. The average Bonchev–Trinajstić information content (AvgIpc) is 2.79. The van der Waals surface area contributed by atoms with E-state index in [0.717, 1.165) is 13.2 Å². The summed E-state index contributed by atoms with van der Waals surface area (Å²) in [6.07, 6.45) is 6.56. The second kappa shape index (κ2) is 3.11. The van der Waals surface area contributed by atoms with E-state index in [0.29, 0.717) is 6.10 Å². The summed E-state index contributed by atoms with van der Waals surface area (Å²) in [7, 11) is 0. The van der Waals surface area contributed by atoms with Gasteiger partial charge >= 0.3 is 0 Å². The number of rotatable bonds is 2. The zero-order valence-electron chi connectivity index (χ0n) is 7.03. The molecule has 66 valence electrons. The highest BCUT2D eigenvalue weighted by Gasteiger charge is 2.26. The van der Waals surface area contributed by atoms with Crippen molar-refractivity contribution in [3.05, 3.63) is 23.9 Å². The molecule has 2 aliphatic heterocycles. The van der Waals surface area contributed by atoms with Crippen molar-refractivity contribution in [2.24, 2.45) is 0 Å². The Morgan fingerprint density at radius 1 is 1.75 bits per heavy atom. The van der Waals surface area contributed by atoms with Crippen molar-refractivity contribution in [2.75, 3.05) is 13.2 Å². The summed E-state index contributed by atoms with van der Waals surface area (Å²) in [6.45, 7) is 3.85. The van der Waals surface area contributed by atoms with Gasteiger partial charge in [0, 0.05) is 12.7 Å². The Hall–Kier alpha value is -0.470. The first kappa shape index (κ1) is 8.14. The van der Waals surface area contributed by atoms with Gasteiger partial charge in [-0.2, -0.15) is 0 Å². The number of allylic oxidation sites excluding steroid dienone is 2. The molecule has 2 nitrogen and oxygen atoms in total. The van der Waals surface area contributed by atoms with Crippen LogP contribution < -0.4 is 0 Å². The van der Waals surface area contributed by atoms with Crippen LogP contribution in [0.4, 0.5) is 0 Å². The molecular formula is C9H12ClNO. The van der Waals surface area contributed by atoms with Gasteiger partial charge in [0.1, 0.15) is 5.50 Å². The number of hydrogen-bond acceptors (Lipinski definition) is 2. The third-order valence-corrected chi connectivity index (χ3v) is 2.44. The lowest BCUT2D eigenvalue weighted by Crippen LogP contribution is -2.30. The number of hydrogen-bond donors (Lipinski definition) is 0. The van der Waals surface area contributed by atoms with Gasteiger partial charge in [-0.05, 0) is 19.1 Å². The average molecular weight is 186 g/mol. The van der Waals surface area contributed by atoms with E-state index in [1.165, 1.54) is 5.57 Å². The van der Waals surface area contributed by atoms with Gasteiger partial charge in [-0.3, -0.25) is 0 Å². The molecule has 0 aromatic carbocycles. The first-order chi connectivity index (χ1) is 5.75. The van der Waals surface area contributed by atoms with Crippen LogP contribution in [0.3, 0.4) is 0 Å². The van der Waals surface area contributed by atoms with E-state index in [2.05, 4.69) is 17.9 Å². The maximum absolute atomic E-state index is 6.09. The number of ether oxygens (including phenoxy) is 1. The summed E-state index contributed by atoms with van der Waals surface area (Å²) in [5.74, 6) is 0. The molecule has 12 heavy (non-hydrogen) atoms. The van der Waals surface area contributed by atoms with Crippen molar-refractivity contribution in [2.45, 2.75) is 18.5 Å². The predicted octanol–water partition coefficient (Wildman–Crippen LogP) is 1.73. The molecule has 0 aromatic heterocycles. The minimum atomic E-state index is -0.000741. The summed E-state index contributed by atoms with van der Waals surface area (Å²) in [4.78, 5) is 2.09. The molecule has 0 aliphatic carbocycles. The fourth-order valence-corrected chi connectivity index (χ4v) is 1.58. The maximum atomic E-state index is 6.09. The van der Waals surface area contributed by atoms with Gasteiger partial charge in [0.05, 0.1) is 12.7 Å². The largest absolute Gasteiger partial charge is 0.371 e. The van der Waals surface area contributed by atoms with Gasteiger partial charge in [0.2, 0.25) is 0 Å². The van der Waals surface area contributed by atoms with Crippen LogP contribution in [0.5, 0.6) is 0 Å². The van der Waals surface area contributed by atoms with E-state index < -0.39 is 0 Å². The second-order valence-electron chi connectivity index (χ2n) is 3.25. The van der Waals surface area contributed by atoms with Gasteiger partial charge in [0.15, 0.2) is 0 Å². The molecule has 0 bridgehead atoms. The SMILES string of the molecule is CC1=CC(Cl)N(CC2CO2)C=C1. The van der Waals surface area contributed by atoms with Gasteiger partial charge in [0.25, 0.3) is 0 Å². The first-order valence-electron chi connectivity index (χ1n) is 4.14. The highest BCUT2D eigenvalue weighted by atomic mass is 35.5. The molecule has 2 aliphatic rings. The smallest absolute Gasteiger partial charge is 0.123 e. The molecule has 2 heterocycles. The quantitative estimate of drug-likeness (QED) is 0.370. The molecule has 2 atom stereocenters. The summed E-state index contributed by atoms with van der Waals surface area (Å²) in [5, 5.41) is 0. The summed E-state index contributed by atoms with van der Waals surface area (Å²) >= 11 is 6.09. The molecule has 0 spiro atoms. The van der Waals surface area contributed by atoms with E-state index in [-0.39, 0.29) is 5.50 Å². The van der Waals surface area contributed by atoms with Crippen LogP contribution in [0.15, 0.2) is 23.9 Å². The topological polar surface area (TPSA) is 15.8 Å². The Labute approximate surface area is 77.4 Å². The first-order valence-corrected chi connectivity index (χ1v) is 4.57. The van der Waals surface area contributed by atoms with E-state index in [4.69, 9.17) is 16.3 Å². The molecule has 0 radical (unpaired) electrons. The van der Waals surface area contributed by atoms with Crippen molar-refractivity contribution >= 4 is 11.6 Å². The van der Waals surface area contributed by atoms with Crippen molar-refractivity contribution in [3.8, 4) is 0 Å². The zero-order chi connectivity index (χ0) is 8.55. The molecule has 2 rings (SSSR count). The Kier molecular flexibility index (Phi) is 2.11. The number of epoxide rings is 1. The maximum Gasteiger partial charge on any atom is 0.123 e. The fourth-order valence-electron chi connectivity index (χ4n) is 1.23. The summed E-state index contributed by atoms with van der Waals surface area (Å²) in [5.41, 5.74) is 1.22. The Morgan fingerprint density at radius 3 is 3.08 bits per heavy atom. The van der Waals surface area contributed by atoms with Crippen LogP contribution in [0, 0.1) is 0 Å². The minimum absolute atomic E-state index is 0.000741. The van der Waals surface area contributed by atoms with E-state index in [9.17, 15) is 0 Å². The molecule has 0 saturated carbocycles. The van der Waals surface area contributed by atoms with Crippen LogP contribution in [0.2, 0.25) is 0 Å². The third kappa shape index (κ3) is 1.82. The molecule has 0 N–H and O–H groups in total. The molecule has 0 aromatic rings. The van der Waals surface area contributed by atoms with Gasteiger partial charge in [-0.25, -0.2) is 0 Å². The van der Waals surface area contributed by atoms with Crippen LogP contribution in [0.25, 0.3) is 0 Å². The lowest BCUT2D eigenvalue weighted by Gasteiger charge is -2.26. The highest BCUT2D eigenvalue weighted by molar-refractivity contribution is 6.21. The lowest BCUT2D eigenvalue weighted by atomic mass is 10.2. The van der Waals surface area contributed by atoms with Crippen molar-refractivity contribution in [1.82, 2.24) is 4.90 Å². The van der Waals surface area contributed by atoms with Crippen LogP contribution in [-0.2, 0) is 4.74 Å². The Balaban J connectivity index is 1.94. The number of halogens is 1. The number of alkyl halides is 1.